The third-order valence-electron chi connectivity index (χ3n) is 2.85. The Labute approximate surface area is 120 Å². The van der Waals surface area contributed by atoms with Gasteiger partial charge < -0.3 is 0 Å². The summed E-state index contributed by atoms with van der Waals surface area (Å²) < 4.78 is 0. The molecule has 8 nitrogen and oxygen atoms in total. The average Bonchev–Trinajstić information content (AvgIpc) is 2.36. The van der Waals surface area contributed by atoms with Gasteiger partial charge in [-0.25, -0.2) is 0 Å². The average molecular weight is 294 g/mol. The molecule has 0 fully saturated rings. The number of Topliss-reactive ketones (excluding diaryl/α,β-unsaturated/α-hetero) is 2. The number of hydrogen-bond acceptors (Lipinski definition) is 6. The predicted octanol–water partition coefficient (Wildman–Crippen LogP) is 2.69. The second-order valence-corrected chi connectivity index (χ2v) is 5.46. The van der Waals surface area contributed by atoms with E-state index in [2.05, 4.69) is 0 Å². The lowest BCUT2D eigenvalue weighted by Gasteiger charge is -2.15. The summed E-state index contributed by atoms with van der Waals surface area (Å²) in [5, 5.41) is 21.8. The molecule has 0 aromatic heterocycles. The van der Waals surface area contributed by atoms with Crippen molar-refractivity contribution >= 4 is 22.9 Å². The number of rotatable bonds is 5. The van der Waals surface area contributed by atoms with Crippen molar-refractivity contribution in [3.63, 3.8) is 0 Å². The van der Waals surface area contributed by atoms with Crippen molar-refractivity contribution in [1.82, 2.24) is 0 Å². The number of nitro groups is 2. The van der Waals surface area contributed by atoms with Gasteiger partial charge in [0.05, 0.1) is 16.3 Å². The predicted molar refractivity (Wildman–Crippen MR) is 73.2 cm³/mol. The van der Waals surface area contributed by atoms with Gasteiger partial charge in [-0.3, -0.25) is 29.8 Å². The lowest BCUT2D eigenvalue weighted by molar-refractivity contribution is -0.422. The number of ketones is 2. The molecular formula is C13H14N2O6. The van der Waals surface area contributed by atoms with Gasteiger partial charge in [-0.15, -0.1) is 0 Å². The van der Waals surface area contributed by atoms with Gasteiger partial charge in [-0.2, -0.15) is 0 Å². The van der Waals surface area contributed by atoms with Gasteiger partial charge >= 0.3 is 11.4 Å². The number of nitrogens with zero attached hydrogens (tertiary/aromatic N) is 2. The van der Waals surface area contributed by atoms with Gasteiger partial charge in [0.15, 0.2) is 5.78 Å². The molecule has 1 aromatic carbocycles. The van der Waals surface area contributed by atoms with E-state index in [1.807, 2.05) is 0 Å². The first kappa shape index (κ1) is 16.4. The normalized spacial score (nSPS) is 11.0. The first-order valence-electron chi connectivity index (χ1n) is 6.04. The number of para-hydroxylation sites is 1. The largest absolute Gasteiger partial charge is 0.356 e. The summed E-state index contributed by atoms with van der Waals surface area (Å²) in [6.07, 6.45) is -0.536. The summed E-state index contributed by atoms with van der Waals surface area (Å²) in [6.45, 7) is 4.85. The van der Waals surface area contributed by atoms with E-state index in [-0.39, 0.29) is 0 Å². The van der Waals surface area contributed by atoms with Crippen LogP contribution in [-0.4, -0.2) is 21.4 Å². The van der Waals surface area contributed by atoms with E-state index in [4.69, 9.17) is 0 Å². The van der Waals surface area contributed by atoms with Crippen LogP contribution in [0.2, 0.25) is 0 Å². The Balaban J connectivity index is 3.28. The maximum absolute atomic E-state index is 12.1. The minimum Gasteiger partial charge on any atom is -0.299 e. The maximum Gasteiger partial charge on any atom is 0.356 e. The molecule has 0 amide bonds. The summed E-state index contributed by atoms with van der Waals surface area (Å²) >= 11 is 0. The molecule has 0 bridgehead atoms. The van der Waals surface area contributed by atoms with E-state index < -0.39 is 50.2 Å². The van der Waals surface area contributed by atoms with E-state index in [1.165, 1.54) is 6.07 Å². The van der Waals surface area contributed by atoms with Crippen molar-refractivity contribution in [2.24, 2.45) is 5.41 Å². The first-order valence-corrected chi connectivity index (χ1v) is 6.04. The molecule has 112 valence electrons. The summed E-state index contributed by atoms with van der Waals surface area (Å²) in [7, 11) is 0. The van der Waals surface area contributed by atoms with Crippen molar-refractivity contribution in [1.29, 1.82) is 0 Å². The molecule has 0 unspecified atom stereocenters. The van der Waals surface area contributed by atoms with Crippen molar-refractivity contribution in [2.45, 2.75) is 27.2 Å². The van der Waals surface area contributed by atoms with E-state index in [0.717, 1.165) is 12.1 Å². The molecule has 0 saturated heterocycles. The van der Waals surface area contributed by atoms with Crippen LogP contribution < -0.4 is 0 Å². The van der Waals surface area contributed by atoms with Crippen molar-refractivity contribution in [3.05, 3.63) is 44.0 Å². The standard InChI is InChI=1S/C13H14N2O6/c1-13(2,3)11(17)7-10(16)8-5-4-6-9(14(18)19)12(8)15(20)21/h4-6H,7H2,1-3H3. The Hall–Kier alpha value is -2.64. The number of carbonyl (C=O) groups excluding carboxylic acids is 2. The lowest BCUT2D eigenvalue weighted by atomic mass is 9.87. The maximum atomic E-state index is 12.1. The second kappa shape index (κ2) is 5.78. The van der Waals surface area contributed by atoms with E-state index >= 15 is 0 Å². The van der Waals surface area contributed by atoms with Gasteiger partial charge in [0.1, 0.15) is 11.3 Å². The number of hydrogen-bond donors (Lipinski definition) is 0. The summed E-state index contributed by atoms with van der Waals surface area (Å²) in [5.74, 6) is -1.20. The highest BCUT2D eigenvalue weighted by Crippen LogP contribution is 2.31. The van der Waals surface area contributed by atoms with Crippen molar-refractivity contribution in [2.75, 3.05) is 0 Å². The number of carbonyl (C=O) groups is 2. The van der Waals surface area contributed by atoms with Crippen LogP contribution >= 0.6 is 0 Å². The molecule has 0 saturated carbocycles. The van der Waals surface area contributed by atoms with Gasteiger partial charge in [-0.05, 0) is 6.07 Å². The fraction of sp³-hybridized carbons (Fsp3) is 0.385. The van der Waals surface area contributed by atoms with Crippen LogP contribution in [0.25, 0.3) is 0 Å². The van der Waals surface area contributed by atoms with Gasteiger partial charge in [0.25, 0.3) is 0 Å². The SMILES string of the molecule is CC(C)(C)C(=O)CC(=O)c1cccc([N+](=O)[O-])c1[N+](=O)[O-]. The minimum atomic E-state index is -0.979. The van der Waals surface area contributed by atoms with Crippen LogP contribution in [0, 0.1) is 25.6 Å². The molecule has 0 aliphatic heterocycles. The molecule has 1 rings (SSSR count). The van der Waals surface area contributed by atoms with Gasteiger partial charge in [-0.1, -0.05) is 26.8 Å². The second-order valence-electron chi connectivity index (χ2n) is 5.46. The molecule has 0 heterocycles. The minimum absolute atomic E-state index is 0.395. The van der Waals surface area contributed by atoms with Gasteiger partial charge in [0.2, 0.25) is 0 Å². The van der Waals surface area contributed by atoms with E-state index in [0.29, 0.717) is 0 Å². The Bertz CT molecular complexity index is 630. The van der Waals surface area contributed by atoms with Crippen LogP contribution in [0.3, 0.4) is 0 Å². The Morgan fingerprint density at radius 2 is 1.67 bits per heavy atom. The molecule has 0 N–H and O–H groups in total. The summed E-state index contributed by atoms with van der Waals surface area (Å²) in [6, 6.07) is 3.24. The quantitative estimate of drug-likeness (QED) is 0.356. The molecular weight excluding hydrogens is 280 g/mol. The smallest absolute Gasteiger partial charge is 0.299 e. The molecule has 0 atom stereocenters. The molecule has 0 aliphatic rings. The van der Waals surface area contributed by atoms with Crippen LogP contribution in [0.4, 0.5) is 11.4 Å². The van der Waals surface area contributed by atoms with Crippen molar-refractivity contribution < 1.29 is 19.4 Å². The van der Waals surface area contributed by atoms with Crippen LogP contribution in [-0.2, 0) is 4.79 Å². The molecule has 0 spiro atoms. The van der Waals surface area contributed by atoms with E-state index in [1.54, 1.807) is 20.8 Å². The molecule has 21 heavy (non-hydrogen) atoms. The molecule has 8 heteroatoms. The highest BCUT2D eigenvalue weighted by atomic mass is 16.6. The Kier molecular flexibility index (Phi) is 4.52. The number of benzene rings is 1. The number of nitro benzene ring substituents is 2. The lowest BCUT2D eigenvalue weighted by Crippen LogP contribution is -2.23. The highest BCUT2D eigenvalue weighted by molar-refractivity contribution is 6.11. The first-order chi connectivity index (χ1) is 9.55. The summed E-state index contributed by atoms with van der Waals surface area (Å²) in [4.78, 5) is 43.8. The zero-order valence-corrected chi connectivity index (χ0v) is 11.8. The third-order valence-corrected chi connectivity index (χ3v) is 2.85. The Morgan fingerprint density at radius 1 is 1.10 bits per heavy atom. The monoisotopic (exact) mass is 294 g/mol. The third kappa shape index (κ3) is 3.68. The topological polar surface area (TPSA) is 120 Å². The fourth-order valence-corrected chi connectivity index (χ4v) is 1.60. The zero-order valence-electron chi connectivity index (χ0n) is 11.8. The molecule has 0 radical (unpaired) electrons. The van der Waals surface area contributed by atoms with Crippen molar-refractivity contribution in [3.8, 4) is 0 Å². The Morgan fingerprint density at radius 3 is 2.10 bits per heavy atom. The summed E-state index contributed by atoms with van der Waals surface area (Å²) in [5.41, 5.74) is -2.85. The molecule has 1 aromatic rings. The van der Waals surface area contributed by atoms with Crippen LogP contribution in [0.15, 0.2) is 18.2 Å². The zero-order chi connectivity index (χ0) is 16.4. The molecule has 0 aliphatic carbocycles. The highest BCUT2D eigenvalue weighted by Gasteiger charge is 2.33. The van der Waals surface area contributed by atoms with Gasteiger partial charge in [0, 0.05) is 11.5 Å². The van der Waals surface area contributed by atoms with Crippen LogP contribution in [0.5, 0.6) is 0 Å². The van der Waals surface area contributed by atoms with Crippen LogP contribution in [0.1, 0.15) is 37.6 Å². The fourth-order valence-electron chi connectivity index (χ4n) is 1.60. The van der Waals surface area contributed by atoms with E-state index in [9.17, 15) is 29.8 Å².